The molecule has 3 nitrogen and oxygen atoms in total. The molecule has 0 atom stereocenters. The zero-order chi connectivity index (χ0) is 18.2. The highest BCUT2D eigenvalue weighted by molar-refractivity contribution is 5.86. The van der Waals surface area contributed by atoms with E-state index in [1.165, 1.54) is 22.4 Å². The lowest BCUT2D eigenvalue weighted by molar-refractivity contribution is 0.628. The maximum atomic E-state index is 14.0. The molecular weight excluding hydrogens is 337 g/mol. The Balaban J connectivity index is 1.75. The number of halogens is 1. The molecule has 130 valence electrons. The first-order chi connectivity index (χ1) is 13.3. The topological polar surface area (TPSA) is 30.7 Å². The van der Waals surface area contributed by atoms with E-state index in [0.717, 1.165) is 22.4 Å². The van der Waals surface area contributed by atoms with Gasteiger partial charge in [-0.3, -0.25) is 4.98 Å². The fourth-order valence-electron chi connectivity index (χ4n) is 3.57. The fourth-order valence-corrected chi connectivity index (χ4v) is 3.57. The highest BCUT2D eigenvalue weighted by atomic mass is 19.1. The van der Waals surface area contributed by atoms with Crippen LogP contribution in [-0.2, 0) is 6.54 Å². The number of hydrogen-bond acceptors (Lipinski definition) is 2. The van der Waals surface area contributed by atoms with Crippen molar-refractivity contribution in [1.82, 2.24) is 14.5 Å². The highest BCUT2D eigenvalue weighted by Crippen LogP contribution is 2.28. The molecule has 0 fully saturated rings. The van der Waals surface area contributed by atoms with Gasteiger partial charge in [-0.05, 0) is 46.7 Å². The summed E-state index contributed by atoms with van der Waals surface area (Å²) >= 11 is 0. The second kappa shape index (κ2) is 6.32. The van der Waals surface area contributed by atoms with E-state index >= 15 is 0 Å². The second-order valence-electron chi connectivity index (χ2n) is 6.53. The summed E-state index contributed by atoms with van der Waals surface area (Å²) in [4.78, 5) is 8.98. The van der Waals surface area contributed by atoms with E-state index in [4.69, 9.17) is 4.98 Å². The molecule has 0 N–H and O–H groups in total. The summed E-state index contributed by atoms with van der Waals surface area (Å²) < 4.78 is 16.0. The van der Waals surface area contributed by atoms with Crippen LogP contribution >= 0.6 is 0 Å². The number of benzene rings is 3. The van der Waals surface area contributed by atoms with Crippen LogP contribution in [0.2, 0.25) is 0 Å². The smallest absolute Gasteiger partial charge is 0.143 e. The summed E-state index contributed by atoms with van der Waals surface area (Å²) in [6, 6.07) is 23.2. The third-order valence-corrected chi connectivity index (χ3v) is 4.84. The molecule has 0 aliphatic carbocycles. The molecular formula is C23H16FN3. The average Bonchev–Trinajstić information content (AvgIpc) is 3.07. The molecule has 27 heavy (non-hydrogen) atoms. The average molecular weight is 353 g/mol. The largest absolute Gasteiger partial charge is 0.319 e. The van der Waals surface area contributed by atoms with Gasteiger partial charge in [0.05, 0.1) is 17.6 Å². The van der Waals surface area contributed by atoms with Crippen molar-refractivity contribution in [2.45, 2.75) is 6.54 Å². The summed E-state index contributed by atoms with van der Waals surface area (Å²) in [6.45, 7) is 0.603. The van der Waals surface area contributed by atoms with Crippen molar-refractivity contribution in [3.05, 3.63) is 96.6 Å². The van der Waals surface area contributed by atoms with Crippen LogP contribution in [-0.4, -0.2) is 14.5 Å². The van der Waals surface area contributed by atoms with E-state index in [1.807, 2.05) is 24.3 Å². The van der Waals surface area contributed by atoms with Crippen LogP contribution in [0.15, 0.2) is 85.2 Å². The quantitative estimate of drug-likeness (QED) is 0.432. The van der Waals surface area contributed by atoms with Gasteiger partial charge in [0.15, 0.2) is 0 Å². The van der Waals surface area contributed by atoms with Gasteiger partial charge >= 0.3 is 0 Å². The van der Waals surface area contributed by atoms with Gasteiger partial charge in [0, 0.05) is 18.0 Å². The Kier molecular flexibility index (Phi) is 3.68. The number of nitrogens with zero attached hydrogens (tertiary/aromatic N) is 3. The van der Waals surface area contributed by atoms with Crippen molar-refractivity contribution in [2.75, 3.05) is 0 Å². The van der Waals surface area contributed by atoms with Gasteiger partial charge in [0.1, 0.15) is 11.6 Å². The van der Waals surface area contributed by atoms with Gasteiger partial charge in [-0.1, -0.05) is 42.5 Å². The number of aromatic nitrogens is 3. The zero-order valence-corrected chi connectivity index (χ0v) is 14.5. The van der Waals surface area contributed by atoms with Gasteiger partial charge in [-0.25, -0.2) is 9.37 Å². The molecule has 0 saturated heterocycles. The van der Waals surface area contributed by atoms with E-state index in [1.54, 1.807) is 24.5 Å². The molecule has 2 heterocycles. The van der Waals surface area contributed by atoms with Crippen LogP contribution in [0.3, 0.4) is 0 Å². The maximum Gasteiger partial charge on any atom is 0.143 e. The Bertz CT molecular complexity index is 1250. The van der Waals surface area contributed by atoms with E-state index in [0.29, 0.717) is 6.54 Å². The summed E-state index contributed by atoms with van der Waals surface area (Å²) in [6.07, 6.45) is 3.53. The molecule has 0 radical (unpaired) electrons. The van der Waals surface area contributed by atoms with Gasteiger partial charge in [0.2, 0.25) is 0 Å². The first-order valence-electron chi connectivity index (χ1n) is 8.82. The zero-order valence-electron chi connectivity index (χ0n) is 14.5. The lowest BCUT2D eigenvalue weighted by atomic mass is 10.0. The molecule has 0 bridgehead atoms. The van der Waals surface area contributed by atoms with E-state index in [9.17, 15) is 4.39 Å². The molecule has 5 rings (SSSR count). The third kappa shape index (κ3) is 2.75. The minimum Gasteiger partial charge on any atom is -0.319 e. The predicted octanol–water partition coefficient (Wildman–Crippen LogP) is 5.44. The van der Waals surface area contributed by atoms with Gasteiger partial charge in [-0.2, -0.15) is 0 Å². The van der Waals surface area contributed by atoms with E-state index in [2.05, 4.69) is 39.9 Å². The SMILES string of the molecule is Fc1ccc2nc(-c3cccnc3)n(Cc3cccc4ccccc34)c2c1. The molecule has 0 unspecified atom stereocenters. The first-order valence-corrected chi connectivity index (χ1v) is 8.82. The molecule has 0 spiro atoms. The summed E-state index contributed by atoms with van der Waals surface area (Å²) in [5.41, 5.74) is 3.63. The van der Waals surface area contributed by atoms with E-state index in [-0.39, 0.29) is 5.82 Å². The summed E-state index contributed by atoms with van der Waals surface area (Å²) in [5.74, 6) is 0.524. The van der Waals surface area contributed by atoms with Crippen molar-refractivity contribution < 1.29 is 4.39 Å². The summed E-state index contributed by atoms with van der Waals surface area (Å²) in [5, 5.41) is 2.38. The van der Waals surface area contributed by atoms with Crippen molar-refractivity contribution in [3.63, 3.8) is 0 Å². The first kappa shape index (κ1) is 15.7. The second-order valence-corrected chi connectivity index (χ2v) is 6.53. The Morgan fingerprint density at radius 1 is 0.889 bits per heavy atom. The maximum absolute atomic E-state index is 14.0. The van der Waals surface area contributed by atoms with Crippen LogP contribution in [0.4, 0.5) is 4.39 Å². The molecule has 2 aromatic heterocycles. The number of pyridine rings is 1. The minimum atomic E-state index is -0.265. The number of imidazole rings is 1. The van der Waals surface area contributed by atoms with Crippen LogP contribution < -0.4 is 0 Å². The molecule has 0 aliphatic heterocycles. The molecule has 5 aromatic rings. The Labute approximate surface area is 155 Å². The lowest BCUT2D eigenvalue weighted by Gasteiger charge is -2.12. The van der Waals surface area contributed by atoms with Crippen LogP contribution in [0, 0.1) is 5.82 Å². The van der Waals surface area contributed by atoms with Gasteiger partial charge < -0.3 is 4.57 Å². The molecule has 0 amide bonds. The molecule has 0 saturated carbocycles. The van der Waals surface area contributed by atoms with E-state index < -0.39 is 0 Å². The Morgan fingerprint density at radius 2 is 1.78 bits per heavy atom. The lowest BCUT2D eigenvalue weighted by Crippen LogP contribution is -2.03. The van der Waals surface area contributed by atoms with Crippen molar-refractivity contribution in [1.29, 1.82) is 0 Å². The Morgan fingerprint density at radius 3 is 2.67 bits per heavy atom. The van der Waals surface area contributed by atoms with Crippen LogP contribution in [0.5, 0.6) is 0 Å². The van der Waals surface area contributed by atoms with Crippen LogP contribution in [0.25, 0.3) is 33.2 Å². The fraction of sp³-hybridized carbons (Fsp3) is 0.0435. The number of hydrogen-bond donors (Lipinski definition) is 0. The third-order valence-electron chi connectivity index (χ3n) is 4.84. The van der Waals surface area contributed by atoms with Crippen molar-refractivity contribution >= 4 is 21.8 Å². The highest BCUT2D eigenvalue weighted by Gasteiger charge is 2.15. The van der Waals surface area contributed by atoms with Crippen molar-refractivity contribution in [3.8, 4) is 11.4 Å². The normalized spacial score (nSPS) is 11.3. The standard InChI is InChI=1S/C23H16FN3/c24-19-10-11-21-22(13-19)27(23(26-21)17-8-4-12-25-14-17)15-18-7-3-6-16-5-1-2-9-20(16)18/h1-14H,15H2. The van der Waals surface area contributed by atoms with Crippen molar-refractivity contribution in [2.24, 2.45) is 0 Å². The molecule has 0 aliphatic rings. The predicted molar refractivity (Wildman–Crippen MR) is 106 cm³/mol. The minimum absolute atomic E-state index is 0.265. The summed E-state index contributed by atoms with van der Waals surface area (Å²) in [7, 11) is 0. The molecule has 4 heteroatoms. The van der Waals surface area contributed by atoms with Gasteiger partial charge in [-0.15, -0.1) is 0 Å². The molecule has 3 aromatic carbocycles. The monoisotopic (exact) mass is 353 g/mol. The van der Waals surface area contributed by atoms with Gasteiger partial charge in [0.25, 0.3) is 0 Å². The number of fused-ring (bicyclic) bond motifs is 2. The van der Waals surface area contributed by atoms with Crippen LogP contribution in [0.1, 0.15) is 5.56 Å². The number of rotatable bonds is 3. The Hall–Kier alpha value is -3.53.